The molecule has 2 heterocycles. The average Bonchev–Trinajstić information content (AvgIpc) is 2.75. The molecule has 3 aromatic rings. The van der Waals surface area contributed by atoms with E-state index in [1.165, 1.54) is 0 Å². The second-order valence-electron chi connectivity index (χ2n) is 3.59. The van der Waals surface area contributed by atoms with Gasteiger partial charge in [0.2, 0.25) is 0 Å². The third-order valence-corrected chi connectivity index (χ3v) is 2.51. The average molecular weight is 210 g/mol. The smallest absolute Gasteiger partial charge is 0.197 e. The van der Waals surface area contributed by atoms with E-state index in [9.17, 15) is 0 Å². The van der Waals surface area contributed by atoms with Crippen molar-refractivity contribution >= 4 is 16.9 Å². The maximum absolute atomic E-state index is 5.55. The van der Waals surface area contributed by atoms with Crippen LogP contribution in [0.1, 0.15) is 0 Å². The van der Waals surface area contributed by atoms with Crippen molar-refractivity contribution in [3.63, 3.8) is 0 Å². The summed E-state index contributed by atoms with van der Waals surface area (Å²) in [4.78, 5) is 11.3. The van der Waals surface area contributed by atoms with Gasteiger partial charge in [0.25, 0.3) is 0 Å². The van der Waals surface area contributed by atoms with Gasteiger partial charge in [0.15, 0.2) is 5.95 Å². The lowest BCUT2D eigenvalue weighted by Crippen LogP contribution is -1.85. The van der Waals surface area contributed by atoms with Gasteiger partial charge in [-0.1, -0.05) is 12.1 Å². The minimum Gasteiger partial charge on any atom is -0.369 e. The fourth-order valence-electron chi connectivity index (χ4n) is 1.73. The number of aromatic nitrogens is 3. The maximum Gasteiger partial charge on any atom is 0.197 e. The highest BCUT2D eigenvalue weighted by molar-refractivity contribution is 5.83. The summed E-state index contributed by atoms with van der Waals surface area (Å²) in [6.45, 7) is 0. The zero-order chi connectivity index (χ0) is 11.0. The number of nitrogens with two attached hydrogens (primary N) is 1. The molecule has 4 nitrogen and oxygen atoms in total. The summed E-state index contributed by atoms with van der Waals surface area (Å²) in [5.74, 6) is 0.432. The van der Waals surface area contributed by atoms with Crippen LogP contribution in [-0.4, -0.2) is 15.0 Å². The highest BCUT2D eigenvalue weighted by Crippen LogP contribution is 2.22. The molecular weight excluding hydrogens is 200 g/mol. The summed E-state index contributed by atoms with van der Waals surface area (Å²) in [5.41, 5.74) is 8.51. The molecule has 78 valence electrons. The van der Waals surface area contributed by atoms with Crippen LogP contribution in [0, 0.1) is 0 Å². The SMILES string of the molecule is Nc1ncc(-c2ccc3ncccc3c2)[nH]1. The molecule has 0 aliphatic rings. The highest BCUT2D eigenvalue weighted by Gasteiger charge is 2.02. The zero-order valence-corrected chi connectivity index (χ0v) is 8.51. The van der Waals surface area contributed by atoms with E-state index < -0.39 is 0 Å². The van der Waals surface area contributed by atoms with Crippen LogP contribution in [0.5, 0.6) is 0 Å². The minimum atomic E-state index is 0.432. The fraction of sp³-hybridized carbons (Fsp3) is 0. The number of hydrogen-bond acceptors (Lipinski definition) is 3. The number of anilines is 1. The topological polar surface area (TPSA) is 67.6 Å². The van der Waals surface area contributed by atoms with Crippen molar-refractivity contribution in [1.82, 2.24) is 15.0 Å². The number of imidazole rings is 1. The van der Waals surface area contributed by atoms with Crippen LogP contribution in [0.25, 0.3) is 22.2 Å². The molecule has 0 fully saturated rings. The summed E-state index contributed by atoms with van der Waals surface area (Å²) in [7, 11) is 0. The van der Waals surface area contributed by atoms with Crippen LogP contribution < -0.4 is 5.73 Å². The van der Waals surface area contributed by atoms with E-state index in [1.807, 2.05) is 24.3 Å². The van der Waals surface area contributed by atoms with Crippen LogP contribution in [0.4, 0.5) is 5.95 Å². The molecule has 0 aliphatic carbocycles. The predicted molar refractivity (Wildman–Crippen MR) is 63.7 cm³/mol. The van der Waals surface area contributed by atoms with Crippen LogP contribution in [0.15, 0.2) is 42.7 Å². The third-order valence-electron chi connectivity index (χ3n) is 2.51. The monoisotopic (exact) mass is 210 g/mol. The van der Waals surface area contributed by atoms with E-state index in [4.69, 9.17) is 5.73 Å². The van der Waals surface area contributed by atoms with Gasteiger partial charge in [-0.25, -0.2) is 4.98 Å². The summed E-state index contributed by atoms with van der Waals surface area (Å²) in [5, 5.41) is 1.10. The molecule has 0 radical (unpaired) electrons. The Kier molecular flexibility index (Phi) is 1.86. The molecule has 3 rings (SSSR count). The van der Waals surface area contributed by atoms with Gasteiger partial charge in [-0.2, -0.15) is 0 Å². The molecule has 0 saturated carbocycles. The molecule has 0 spiro atoms. The first kappa shape index (κ1) is 8.91. The number of nitrogens with zero attached hydrogens (tertiary/aromatic N) is 2. The summed E-state index contributed by atoms with van der Waals surface area (Å²) in [6, 6.07) is 10.0. The van der Waals surface area contributed by atoms with E-state index in [2.05, 4.69) is 21.0 Å². The number of nitrogens with one attached hydrogen (secondary N) is 1. The molecule has 1 aromatic carbocycles. The molecular formula is C12H10N4. The Morgan fingerprint density at radius 2 is 2.06 bits per heavy atom. The minimum absolute atomic E-state index is 0.432. The van der Waals surface area contributed by atoms with E-state index in [1.54, 1.807) is 12.4 Å². The molecule has 4 heteroatoms. The summed E-state index contributed by atoms with van der Waals surface area (Å²) in [6.07, 6.45) is 3.52. The maximum atomic E-state index is 5.55. The third kappa shape index (κ3) is 1.40. The predicted octanol–water partition coefficient (Wildman–Crippen LogP) is 2.21. The molecule has 0 aliphatic heterocycles. The Morgan fingerprint density at radius 3 is 2.88 bits per heavy atom. The molecule has 16 heavy (non-hydrogen) atoms. The van der Waals surface area contributed by atoms with Crippen molar-refractivity contribution in [3.05, 3.63) is 42.7 Å². The lowest BCUT2D eigenvalue weighted by atomic mass is 10.1. The number of nitrogen functional groups attached to an aromatic ring is 1. The van der Waals surface area contributed by atoms with Crippen molar-refractivity contribution < 1.29 is 0 Å². The first-order valence-corrected chi connectivity index (χ1v) is 4.98. The first-order valence-electron chi connectivity index (χ1n) is 4.98. The molecule has 0 atom stereocenters. The molecule has 2 aromatic heterocycles. The zero-order valence-electron chi connectivity index (χ0n) is 8.51. The van der Waals surface area contributed by atoms with Crippen molar-refractivity contribution in [2.24, 2.45) is 0 Å². The molecule has 0 bridgehead atoms. The molecule has 0 amide bonds. The van der Waals surface area contributed by atoms with Gasteiger partial charge in [0.05, 0.1) is 17.4 Å². The Labute approximate surface area is 92.2 Å². The molecule has 0 unspecified atom stereocenters. The highest BCUT2D eigenvalue weighted by atomic mass is 15.0. The van der Waals surface area contributed by atoms with Gasteiger partial charge >= 0.3 is 0 Å². The number of rotatable bonds is 1. The number of aromatic amines is 1. The van der Waals surface area contributed by atoms with Gasteiger partial charge in [-0.05, 0) is 18.2 Å². The quantitative estimate of drug-likeness (QED) is 0.647. The Hall–Kier alpha value is -2.36. The van der Waals surface area contributed by atoms with Gasteiger partial charge in [-0.15, -0.1) is 0 Å². The lowest BCUT2D eigenvalue weighted by Gasteiger charge is -2.00. The number of pyridine rings is 1. The van der Waals surface area contributed by atoms with Gasteiger partial charge < -0.3 is 10.7 Å². The second-order valence-corrected chi connectivity index (χ2v) is 3.59. The number of fused-ring (bicyclic) bond motifs is 1. The molecule has 3 N–H and O–H groups in total. The Balaban J connectivity index is 2.18. The summed E-state index contributed by atoms with van der Waals surface area (Å²) < 4.78 is 0. The van der Waals surface area contributed by atoms with E-state index in [0.29, 0.717) is 5.95 Å². The van der Waals surface area contributed by atoms with Crippen molar-refractivity contribution in [1.29, 1.82) is 0 Å². The van der Waals surface area contributed by atoms with Gasteiger partial charge in [0, 0.05) is 17.1 Å². The Morgan fingerprint density at radius 1 is 1.12 bits per heavy atom. The van der Waals surface area contributed by atoms with E-state index in [0.717, 1.165) is 22.2 Å². The van der Waals surface area contributed by atoms with E-state index in [-0.39, 0.29) is 0 Å². The first-order chi connectivity index (χ1) is 7.83. The Bertz CT molecular complexity index is 642. The largest absolute Gasteiger partial charge is 0.369 e. The normalized spacial score (nSPS) is 10.8. The molecule has 0 saturated heterocycles. The standard InChI is InChI=1S/C12H10N4/c13-12-15-7-11(16-12)9-3-4-10-8(6-9)2-1-5-14-10/h1-7H,(H3,13,15,16). The van der Waals surface area contributed by atoms with E-state index >= 15 is 0 Å². The second kappa shape index (κ2) is 3.34. The number of H-pyrrole nitrogens is 1. The van der Waals surface area contributed by atoms with Crippen LogP contribution in [-0.2, 0) is 0 Å². The summed E-state index contributed by atoms with van der Waals surface area (Å²) >= 11 is 0. The van der Waals surface area contributed by atoms with Crippen LogP contribution in [0.2, 0.25) is 0 Å². The van der Waals surface area contributed by atoms with Crippen molar-refractivity contribution in [3.8, 4) is 11.3 Å². The number of hydrogen-bond donors (Lipinski definition) is 2. The van der Waals surface area contributed by atoms with Crippen LogP contribution in [0.3, 0.4) is 0 Å². The van der Waals surface area contributed by atoms with Crippen molar-refractivity contribution in [2.75, 3.05) is 5.73 Å². The van der Waals surface area contributed by atoms with Gasteiger partial charge in [-0.3, -0.25) is 4.98 Å². The lowest BCUT2D eigenvalue weighted by molar-refractivity contribution is 1.33. The van der Waals surface area contributed by atoms with Gasteiger partial charge in [0.1, 0.15) is 0 Å². The fourth-order valence-corrected chi connectivity index (χ4v) is 1.73. The van der Waals surface area contributed by atoms with Crippen LogP contribution >= 0.6 is 0 Å². The number of benzene rings is 1. The van der Waals surface area contributed by atoms with Crippen molar-refractivity contribution in [2.45, 2.75) is 0 Å².